The lowest BCUT2D eigenvalue weighted by Gasteiger charge is -2.24. The van der Waals surface area contributed by atoms with E-state index in [2.05, 4.69) is 19.2 Å². The third kappa shape index (κ3) is 3.53. The molecule has 2 rings (SSSR count). The molecule has 0 aliphatic heterocycles. The van der Waals surface area contributed by atoms with Gasteiger partial charge in [0.1, 0.15) is 5.82 Å². The van der Waals surface area contributed by atoms with Crippen LogP contribution < -0.4 is 5.32 Å². The summed E-state index contributed by atoms with van der Waals surface area (Å²) in [7, 11) is 0. The first-order valence-electron chi connectivity index (χ1n) is 6.75. The quantitative estimate of drug-likeness (QED) is 0.815. The van der Waals surface area contributed by atoms with Gasteiger partial charge < -0.3 is 10.4 Å². The summed E-state index contributed by atoms with van der Waals surface area (Å²) >= 11 is 0. The second-order valence-electron chi connectivity index (χ2n) is 5.58. The average molecular weight is 251 g/mol. The summed E-state index contributed by atoms with van der Waals surface area (Å²) in [5.41, 5.74) is 0.766. The van der Waals surface area contributed by atoms with Gasteiger partial charge in [-0.1, -0.05) is 26.0 Å². The summed E-state index contributed by atoms with van der Waals surface area (Å²) in [5, 5.41) is 13.5. The molecule has 1 saturated carbocycles. The zero-order chi connectivity index (χ0) is 13.1. The highest BCUT2D eigenvalue weighted by Gasteiger charge is 2.32. The van der Waals surface area contributed by atoms with Crippen molar-refractivity contribution in [2.45, 2.75) is 38.8 Å². The molecule has 0 heterocycles. The lowest BCUT2D eigenvalue weighted by atomic mass is 9.99. The van der Waals surface area contributed by atoms with Crippen LogP contribution in [0, 0.1) is 17.7 Å². The Morgan fingerprint density at radius 1 is 1.28 bits per heavy atom. The minimum Gasteiger partial charge on any atom is -0.387 e. The van der Waals surface area contributed by atoms with E-state index in [1.165, 1.54) is 25.0 Å². The van der Waals surface area contributed by atoms with E-state index in [9.17, 15) is 9.50 Å². The highest BCUT2D eigenvalue weighted by atomic mass is 19.1. The van der Waals surface area contributed by atoms with Gasteiger partial charge in [-0.05, 0) is 42.4 Å². The molecule has 18 heavy (non-hydrogen) atoms. The van der Waals surface area contributed by atoms with E-state index >= 15 is 0 Å². The van der Waals surface area contributed by atoms with Crippen molar-refractivity contribution in [1.82, 2.24) is 5.32 Å². The second kappa shape index (κ2) is 5.81. The summed E-state index contributed by atoms with van der Waals surface area (Å²) in [6.07, 6.45) is 2.02. The van der Waals surface area contributed by atoms with E-state index in [-0.39, 0.29) is 5.82 Å². The lowest BCUT2D eigenvalue weighted by molar-refractivity contribution is 0.162. The number of aliphatic hydroxyl groups is 1. The summed E-state index contributed by atoms with van der Waals surface area (Å²) < 4.78 is 12.8. The van der Waals surface area contributed by atoms with Crippen LogP contribution in [0.4, 0.5) is 4.39 Å². The van der Waals surface area contributed by atoms with Crippen molar-refractivity contribution in [2.24, 2.45) is 11.8 Å². The molecule has 1 aliphatic rings. The van der Waals surface area contributed by atoms with E-state index in [1.807, 2.05) is 0 Å². The van der Waals surface area contributed by atoms with Gasteiger partial charge in [-0.2, -0.15) is 0 Å². The van der Waals surface area contributed by atoms with Crippen molar-refractivity contribution in [3.63, 3.8) is 0 Å². The standard InChI is InChI=1S/C15H22FNO/c1-10(2)15(12-3-4-12)17-9-14(18)11-5-7-13(16)8-6-11/h5-8,10,12,14-15,17-18H,3-4,9H2,1-2H3. The zero-order valence-corrected chi connectivity index (χ0v) is 11.1. The second-order valence-corrected chi connectivity index (χ2v) is 5.58. The van der Waals surface area contributed by atoms with E-state index in [0.717, 1.165) is 11.5 Å². The molecular formula is C15H22FNO. The van der Waals surface area contributed by atoms with Gasteiger partial charge in [0.25, 0.3) is 0 Å². The van der Waals surface area contributed by atoms with Gasteiger partial charge in [0, 0.05) is 12.6 Å². The topological polar surface area (TPSA) is 32.3 Å². The Kier molecular flexibility index (Phi) is 4.36. The van der Waals surface area contributed by atoms with Gasteiger partial charge >= 0.3 is 0 Å². The molecule has 0 amide bonds. The maximum Gasteiger partial charge on any atom is 0.123 e. The normalized spacial score (nSPS) is 18.9. The molecule has 1 fully saturated rings. The van der Waals surface area contributed by atoms with Gasteiger partial charge in [0.15, 0.2) is 0 Å². The van der Waals surface area contributed by atoms with Crippen molar-refractivity contribution in [1.29, 1.82) is 0 Å². The van der Waals surface area contributed by atoms with Gasteiger partial charge in [0.2, 0.25) is 0 Å². The third-order valence-corrected chi connectivity index (χ3v) is 3.65. The number of aliphatic hydroxyl groups excluding tert-OH is 1. The van der Waals surface area contributed by atoms with E-state index in [0.29, 0.717) is 18.5 Å². The van der Waals surface area contributed by atoms with Crippen molar-refractivity contribution in [3.8, 4) is 0 Å². The number of hydrogen-bond acceptors (Lipinski definition) is 2. The molecule has 1 aliphatic carbocycles. The Labute approximate surface area is 108 Å². The molecule has 0 aromatic heterocycles. The average Bonchev–Trinajstić information content (AvgIpc) is 3.14. The fourth-order valence-corrected chi connectivity index (χ4v) is 2.45. The number of benzene rings is 1. The predicted molar refractivity (Wildman–Crippen MR) is 70.7 cm³/mol. The van der Waals surface area contributed by atoms with Gasteiger partial charge in [-0.3, -0.25) is 0 Å². The van der Waals surface area contributed by atoms with Gasteiger partial charge in [0.05, 0.1) is 6.10 Å². The Bertz CT molecular complexity index is 371. The fourth-order valence-electron chi connectivity index (χ4n) is 2.45. The fraction of sp³-hybridized carbons (Fsp3) is 0.600. The molecule has 0 spiro atoms. The Morgan fingerprint density at radius 3 is 2.39 bits per heavy atom. The van der Waals surface area contributed by atoms with Crippen molar-refractivity contribution in [2.75, 3.05) is 6.54 Å². The molecule has 0 bridgehead atoms. The smallest absolute Gasteiger partial charge is 0.123 e. The van der Waals surface area contributed by atoms with Crippen LogP contribution in [0.1, 0.15) is 38.4 Å². The highest BCUT2D eigenvalue weighted by molar-refractivity contribution is 5.18. The molecule has 3 heteroatoms. The van der Waals surface area contributed by atoms with E-state index in [1.54, 1.807) is 12.1 Å². The molecule has 1 aromatic rings. The van der Waals surface area contributed by atoms with Crippen LogP contribution in [0.5, 0.6) is 0 Å². The van der Waals surface area contributed by atoms with Crippen molar-refractivity contribution < 1.29 is 9.50 Å². The van der Waals surface area contributed by atoms with Gasteiger partial charge in [-0.25, -0.2) is 4.39 Å². The largest absolute Gasteiger partial charge is 0.387 e. The van der Waals surface area contributed by atoms with Crippen LogP contribution >= 0.6 is 0 Å². The van der Waals surface area contributed by atoms with Crippen LogP contribution in [0.25, 0.3) is 0 Å². The van der Waals surface area contributed by atoms with Crippen molar-refractivity contribution >= 4 is 0 Å². The molecule has 2 N–H and O–H groups in total. The van der Waals surface area contributed by atoms with Crippen LogP contribution in [-0.4, -0.2) is 17.7 Å². The first-order valence-corrected chi connectivity index (χ1v) is 6.75. The summed E-state index contributed by atoms with van der Waals surface area (Å²) in [6.45, 7) is 4.95. The molecule has 0 radical (unpaired) electrons. The van der Waals surface area contributed by atoms with Crippen LogP contribution in [0.3, 0.4) is 0 Å². The molecule has 1 aromatic carbocycles. The van der Waals surface area contributed by atoms with E-state index < -0.39 is 6.10 Å². The Balaban J connectivity index is 1.86. The molecule has 2 unspecified atom stereocenters. The molecule has 2 nitrogen and oxygen atoms in total. The van der Waals surface area contributed by atoms with Crippen LogP contribution in [0.15, 0.2) is 24.3 Å². The molecule has 2 atom stereocenters. The first-order chi connectivity index (χ1) is 8.58. The summed E-state index contributed by atoms with van der Waals surface area (Å²) in [4.78, 5) is 0. The lowest BCUT2D eigenvalue weighted by Crippen LogP contribution is -2.38. The zero-order valence-electron chi connectivity index (χ0n) is 11.1. The molecule has 100 valence electrons. The summed E-state index contributed by atoms with van der Waals surface area (Å²) in [6, 6.07) is 6.55. The number of hydrogen-bond donors (Lipinski definition) is 2. The Hall–Kier alpha value is -0.930. The molecular weight excluding hydrogens is 229 g/mol. The number of nitrogens with one attached hydrogen (secondary N) is 1. The van der Waals surface area contributed by atoms with Crippen LogP contribution in [-0.2, 0) is 0 Å². The van der Waals surface area contributed by atoms with Crippen LogP contribution in [0.2, 0.25) is 0 Å². The third-order valence-electron chi connectivity index (χ3n) is 3.65. The SMILES string of the molecule is CC(C)C(NCC(O)c1ccc(F)cc1)C1CC1. The molecule has 0 saturated heterocycles. The maximum atomic E-state index is 12.8. The maximum absolute atomic E-state index is 12.8. The van der Waals surface area contributed by atoms with E-state index in [4.69, 9.17) is 0 Å². The van der Waals surface area contributed by atoms with Crippen molar-refractivity contribution in [3.05, 3.63) is 35.6 Å². The Morgan fingerprint density at radius 2 is 1.89 bits per heavy atom. The highest BCUT2D eigenvalue weighted by Crippen LogP contribution is 2.35. The number of rotatable bonds is 6. The first kappa shape index (κ1) is 13.5. The minimum absolute atomic E-state index is 0.267. The summed E-state index contributed by atoms with van der Waals surface area (Å²) in [5.74, 6) is 1.08. The monoisotopic (exact) mass is 251 g/mol. The minimum atomic E-state index is -0.564. The number of halogens is 1. The predicted octanol–water partition coefficient (Wildman–Crippen LogP) is 2.88. The van der Waals surface area contributed by atoms with Gasteiger partial charge in [-0.15, -0.1) is 0 Å².